The van der Waals surface area contributed by atoms with Crippen molar-refractivity contribution in [3.63, 3.8) is 0 Å². The maximum atomic E-state index is 12.6. The monoisotopic (exact) mass is 410 g/mol. The van der Waals surface area contributed by atoms with Crippen LogP contribution in [0, 0.1) is 0 Å². The zero-order valence-electron chi connectivity index (χ0n) is 16.5. The highest BCUT2D eigenvalue weighted by molar-refractivity contribution is 5.89. The molecule has 29 heavy (non-hydrogen) atoms. The van der Waals surface area contributed by atoms with Gasteiger partial charge in [0.1, 0.15) is 23.4 Å². The highest BCUT2D eigenvalue weighted by Gasteiger charge is 2.28. The van der Waals surface area contributed by atoms with E-state index in [1.54, 1.807) is 32.9 Å². The van der Waals surface area contributed by atoms with Crippen molar-refractivity contribution in [2.45, 2.75) is 57.7 Å². The van der Waals surface area contributed by atoms with Gasteiger partial charge in [-0.25, -0.2) is 9.59 Å². The fourth-order valence-corrected chi connectivity index (χ4v) is 2.32. The molecule has 160 valence electrons. The molecule has 0 fully saturated rings. The Morgan fingerprint density at radius 1 is 1.00 bits per heavy atom. The van der Waals surface area contributed by atoms with Crippen molar-refractivity contribution in [1.29, 1.82) is 0 Å². The molecule has 1 rings (SSSR count). The van der Waals surface area contributed by atoms with Gasteiger partial charge in [0.15, 0.2) is 0 Å². The van der Waals surface area contributed by atoms with E-state index in [0.717, 1.165) is 0 Å². The summed E-state index contributed by atoms with van der Waals surface area (Å²) in [6, 6.07) is 3.30. The Labute approximate surface area is 167 Å². The third-order valence-electron chi connectivity index (χ3n) is 3.65. The molecule has 2 atom stereocenters. The number of alkyl carbamates (subject to hydrolysis) is 1. The maximum Gasteiger partial charge on any atom is 0.408 e. The third kappa shape index (κ3) is 9.45. The van der Waals surface area contributed by atoms with Gasteiger partial charge in [0, 0.05) is 12.8 Å². The molecule has 10 nitrogen and oxygen atoms in total. The first kappa shape index (κ1) is 23.7. The minimum Gasteiger partial charge on any atom is -0.508 e. The zero-order valence-corrected chi connectivity index (χ0v) is 16.5. The molecule has 5 N–H and O–H groups in total. The number of rotatable bonds is 9. The molecule has 2 amide bonds. The van der Waals surface area contributed by atoms with E-state index in [9.17, 15) is 29.4 Å². The lowest BCUT2D eigenvalue weighted by atomic mass is 10.0. The van der Waals surface area contributed by atoms with Crippen molar-refractivity contribution >= 4 is 23.9 Å². The van der Waals surface area contributed by atoms with Crippen LogP contribution < -0.4 is 10.6 Å². The van der Waals surface area contributed by atoms with E-state index in [-0.39, 0.29) is 18.6 Å². The smallest absolute Gasteiger partial charge is 0.408 e. The van der Waals surface area contributed by atoms with Crippen molar-refractivity contribution in [3.8, 4) is 5.75 Å². The van der Waals surface area contributed by atoms with Gasteiger partial charge in [-0.15, -0.1) is 0 Å². The number of ether oxygens (including phenoxy) is 1. The average Bonchev–Trinajstić information content (AvgIpc) is 2.57. The van der Waals surface area contributed by atoms with Crippen LogP contribution in [-0.2, 0) is 25.5 Å². The molecule has 0 unspecified atom stereocenters. The summed E-state index contributed by atoms with van der Waals surface area (Å²) in [5.74, 6) is -3.37. The van der Waals surface area contributed by atoms with Crippen LogP contribution in [0.15, 0.2) is 24.3 Å². The molecule has 0 aliphatic heterocycles. The third-order valence-corrected chi connectivity index (χ3v) is 3.65. The minimum absolute atomic E-state index is 0.00335. The molecular formula is C19H26N2O8. The normalized spacial score (nSPS) is 13.1. The summed E-state index contributed by atoms with van der Waals surface area (Å²) >= 11 is 0. The van der Waals surface area contributed by atoms with Crippen molar-refractivity contribution < 1.29 is 39.2 Å². The van der Waals surface area contributed by atoms with Gasteiger partial charge in [-0.2, -0.15) is 0 Å². The number of hydrogen-bond acceptors (Lipinski definition) is 6. The predicted molar refractivity (Wildman–Crippen MR) is 101 cm³/mol. The fraction of sp³-hybridized carbons (Fsp3) is 0.474. The Morgan fingerprint density at radius 3 is 2.07 bits per heavy atom. The second-order valence-corrected chi connectivity index (χ2v) is 7.40. The summed E-state index contributed by atoms with van der Waals surface area (Å²) < 4.78 is 5.14. The van der Waals surface area contributed by atoms with Crippen LogP contribution >= 0.6 is 0 Å². The van der Waals surface area contributed by atoms with Gasteiger partial charge < -0.3 is 30.7 Å². The van der Waals surface area contributed by atoms with E-state index in [0.29, 0.717) is 5.56 Å². The van der Waals surface area contributed by atoms with Gasteiger partial charge in [0.25, 0.3) is 0 Å². The van der Waals surface area contributed by atoms with E-state index in [1.807, 2.05) is 0 Å². The van der Waals surface area contributed by atoms with Gasteiger partial charge in [0.05, 0.1) is 0 Å². The van der Waals surface area contributed by atoms with Crippen LogP contribution in [0.1, 0.15) is 39.2 Å². The molecule has 0 saturated carbocycles. The molecule has 1 aromatic carbocycles. The lowest BCUT2D eigenvalue weighted by Gasteiger charge is -2.24. The Balaban J connectivity index is 2.95. The first-order valence-corrected chi connectivity index (χ1v) is 8.90. The summed E-state index contributed by atoms with van der Waals surface area (Å²) in [7, 11) is 0. The van der Waals surface area contributed by atoms with E-state index < -0.39 is 48.0 Å². The molecule has 10 heteroatoms. The number of nitrogens with one attached hydrogen (secondary N) is 2. The van der Waals surface area contributed by atoms with Gasteiger partial charge >= 0.3 is 18.0 Å². The van der Waals surface area contributed by atoms with Crippen LogP contribution in [0.4, 0.5) is 4.79 Å². The number of hydrogen-bond donors (Lipinski definition) is 5. The van der Waals surface area contributed by atoms with Crippen LogP contribution in [0.5, 0.6) is 5.75 Å². The van der Waals surface area contributed by atoms with Crippen LogP contribution in [-0.4, -0.2) is 56.9 Å². The zero-order chi connectivity index (χ0) is 22.2. The lowest BCUT2D eigenvalue weighted by Crippen LogP contribution is -2.53. The number of aliphatic carboxylic acids is 2. The Morgan fingerprint density at radius 2 is 1.59 bits per heavy atom. The van der Waals surface area contributed by atoms with E-state index >= 15 is 0 Å². The first-order valence-electron chi connectivity index (χ1n) is 8.90. The van der Waals surface area contributed by atoms with Crippen molar-refractivity contribution in [2.24, 2.45) is 0 Å². The number of amides is 2. The second kappa shape index (κ2) is 10.3. The fourth-order valence-electron chi connectivity index (χ4n) is 2.32. The van der Waals surface area contributed by atoms with Gasteiger partial charge in [-0.1, -0.05) is 12.1 Å². The molecule has 0 aliphatic rings. The maximum absolute atomic E-state index is 12.6. The summed E-state index contributed by atoms with van der Waals surface area (Å²) in [5, 5.41) is 32.0. The largest absolute Gasteiger partial charge is 0.508 e. The number of carboxylic acid groups (broad SMARTS) is 2. The van der Waals surface area contributed by atoms with Gasteiger partial charge in [-0.3, -0.25) is 9.59 Å². The van der Waals surface area contributed by atoms with Gasteiger partial charge in [-0.05, 0) is 44.9 Å². The standard InChI is InChI=1S/C19H26N2O8/c1-19(2,3)29-18(28)21-14(10-11-4-6-12(22)7-5-11)16(25)20-13(17(26)27)8-9-15(23)24/h4-7,13-14,22H,8-10H2,1-3H3,(H,20,25)(H,21,28)(H,23,24)(H,26,27)/t13-,14-/m0/s1. The summed E-state index contributed by atoms with van der Waals surface area (Å²) in [4.78, 5) is 46.8. The highest BCUT2D eigenvalue weighted by Crippen LogP contribution is 2.13. The Hall–Kier alpha value is -3.30. The Kier molecular flexibility index (Phi) is 8.43. The van der Waals surface area contributed by atoms with Crippen LogP contribution in [0.2, 0.25) is 0 Å². The molecule has 0 aliphatic carbocycles. The molecule has 0 spiro atoms. The van der Waals surface area contributed by atoms with Crippen LogP contribution in [0.25, 0.3) is 0 Å². The molecule has 1 aromatic rings. The minimum atomic E-state index is -1.43. The Bertz CT molecular complexity index is 740. The van der Waals surface area contributed by atoms with E-state index in [1.165, 1.54) is 12.1 Å². The number of carbonyl (C=O) groups is 4. The van der Waals surface area contributed by atoms with Crippen molar-refractivity contribution in [3.05, 3.63) is 29.8 Å². The van der Waals surface area contributed by atoms with E-state index in [4.69, 9.17) is 9.84 Å². The quantitative estimate of drug-likeness (QED) is 0.406. The van der Waals surface area contributed by atoms with Crippen LogP contribution in [0.3, 0.4) is 0 Å². The number of phenolic OH excluding ortho intramolecular Hbond substituents is 1. The highest BCUT2D eigenvalue weighted by atomic mass is 16.6. The lowest BCUT2D eigenvalue weighted by molar-refractivity contribution is -0.143. The molecule has 0 bridgehead atoms. The number of carboxylic acids is 2. The number of benzene rings is 1. The number of phenols is 1. The molecular weight excluding hydrogens is 384 g/mol. The number of aromatic hydroxyl groups is 1. The second-order valence-electron chi connectivity index (χ2n) is 7.40. The number of carbonyl (C=O) groups excluding carboxylic acids is 2. The molecule has 0 radical (unpaired) electrons. The SMILES string of the molecule is CC(C)(C)OC(=O)N[C@@H](Cc1ccc(O)cc1)C(=O)N[C@@H](CCC(=O)O)C(=O)O. The summed E-state index contributed by atoms with van der Waals surface area (Å²) in [6.07, 6.45) is -1.63. The van der Waals surface area contributed by atoms with Crippen molar-refractivity contribution in [1.82, 2.24) is 10.6 Å². The van der Waals surface area contributed by atoms with E-state index in [2.05, 4.69) is 10.6 Å². The van der Waals surface area contributed by atoms with Gasteiger partial charge in [0.2, 0.25) is 5.91 Å². The molecule has 0 aromatic heterocycles. The molecule has 0 heterocycles. The average molecular weight is 410 g/mol. The topological polar surface area (TPSA) is 162 Å². The molecule has 0 saturated heterocycles. The first-order chi connectivity index (χ1) is 13.4. The van der Waals surface area contributed by atoms with Crippen molar-refractivity contribution in [2.75, 3.05) is 0 Å². The summed E-state index contributed by atoms with van der Waals surface area (Å²) in [5.41, 5.74) is -0.217. The summed E-state index contributed by atoms with van der Waals surface area (Å²) in [6.45, 7) is 4.94. The predicted octanol–water partition coefficient (Wildman–Crippen LogP) is 1.26.